The summed E-state index contributed by atoms with van der Waals surface area (Å²) in [6.45, 7) is 1.80. The molecule has 0 bridgehead atoms. The molecule has 0 fully saturated rings. The van der Waals surface area contributed by atoms with Crippen LogP contribution in [0, 0.1) is 11.9 Å². The van der Waals surface area contributed by atoms with Crippen LogP contribution in [0.15, 0.2) is 16.7 Å². The van der Waals surface area contributed by atoms with Gasteiger partial charge in [0.05, 0.1) is 9.99 Å². The summed E-state index contributed by atoms with van der Waals surface area (Å²) in [5, 5.41) is 0.626. The van der Waals surface area contributed by atoms with Crippen LogP contribution in [0.1, 0.15) is 12.5 Å². The molecule has 1 aromatic carbocycles. The Morgan fingerprint density at radius 1 is 1.40 bits per heavy atom. The zero-order valence-electron chi connectivity index (χ0n) is 7.89. The summed E-state index contributed by atoms with van der Waals surface area (Å²) in [7, 11) is 0. The normalized spacial score (nSPS) is 10.9. The number of nitrogens with zero attached hydrogens (tertiary/aromatic N) is 2. The zero-order valence-corrected chi connectivity index (χ0v) is 9.48. The predicted molar refractivity (Wildman–Crippen MR) is 56.5 cm³/mol. The van der Waals surface area contributed by atoms with Gasteiger partial charge in [-0.1, -0.05) is 6.92 Å². The fourth-order valence-electron chi connectivity index (χ4n) is 1.49. The van der Waals surface area contributed by atoms with Crippen LogP contribution in [0.3, 0.4) is 0 Å². The minimum atomic E-state index is -0.834. The van der Waals surface area contributed by atoms with Crippen LogP contribution in [0.5, 0.6) is 0 Å². The number of aryl methyl sites for hydroxylation is 1. The third kappa shape index (κ3) is 1.71. The van der Waals surface area contributed by atoms with E-state index in [0.717, 1.165) is 0 Å². The highest BCUT2D eigenvalue weighted by Gasteiger charge is 2.12. The maximum Gasteiger partial charge on any atom is 0.309 e. The molecular formula is C10H7BrF2N2. The number of aromatic nitrogens is 2. The molecule has 0 atom stereocenters. The molecule has 2 rings (SSSR count). The summed E-state index contributed by atoms with van der Waals surface area (Å²) in [6.07, 6.45) is 0.970. The van der Waals surface area contributed by atoms with Crippen molar-refractivity contribution in [2.45, 2.75) is 13.3 Å². The monoisotopic (exact) mass is 272 g/mol. The first kappa shape index (κ1) is 10.4. The van der Waals surface area contributed by atoms with E-state index < -0.39 is 6.08 Å². The van der Waals surface area contributed by atoms with Crippen LogP contribution < -0.4 is 0 Å². The largest absolute Gasteiger partial charge is 0.309 e. The molecule has 0 radical (unpaired) electrons. The van der Waals surface area contributed by atoms with Gasteiger partial charge in [0.1, 0.15) is 5.82 Å². The van der Waals surface area contributed by atoms with Crippen molar-refractivity contribution in [3.05, 3.63) is 34.2 Å². The van der Waals surface area contributed by atoms with Gasteiger partial charge in [-0.15, -0.1) is 0 Å². The molecule has 0 spiro atoms. The van der Waals surface area contributed by atoms with Gasteiger partial charge in [0.2, 0.25) is 0 Å². The van der Waals surface area contributed by atoms with Gasteiger partial charge >= 0.3 is 6.08 Å². The Balaban J connectivity index is 2.89. The molecule has 0 saturated carbocycles. The molecule has 0 aliphatic carbocycles. The van der Waals surface area contributed by atoms with Crippen LogP contribution in [0.4, 0.5) is 8.78 Å². The van der Waals surface area contributed by atoms with Crippen molar-refractivity contribution in [1.82, 2.24) is 9.97 Å². The first-order chi connectivity index (χ1) is 7.13. The van der Waals surface area contributed by atoms with Crippen molar-refractivity contribution in [3.63, 3.8) is 0 Å². The van der Waals surface area contributed by atoms with E-state index in [1.807, 2.05) is 0 Å². The van der Waals surface area contributed by atoms with E-state index in [2.05, 4.69) is 25.9 Å². The van der Waals surface area contributed by atoms with Crippen molar-refractivity contribution in [1.29, 1.82) is 0 Å². The van der Waals surface area contributed by atoms with Gasteiger partial charge in [-0.05, 0) is 28.4 Å². The second-order valence-corrected chi connectivity index (χ2v) is 3.94. The van der Waals surface area contributed by atoms with Gasteiger partial charge < -0.3 is 0 Å². The fourth-order valence-corrected chi connectivity index (χ4v) is 1.97. The molecule has 2 aromatic rings. The first-order valence-electron chi connectivity index (χ1n) is 4.42. The van der Waals surface area contributed by atoms with Crippen LogP contribution in [0.25, 0.3) is 10.9 Å². The van der Waals surface area contributed by atoms with Crippen LogP contribution in [-0.4, -0.2) is 9.97 Å². The molecule has 1 heterocycles. The Kier molecular flexibility index (Phi) is 2.65. The lowest BCUT2D eigenvalue weighted by Gasteiger charge is -2.06. The SMILES string of the molecule is CCc1c(F)c(Br)cc2cnc(F)nc12. The number of hydrogen-bond acceptors (Lipinski definition) is 2. The molecule has 2 nitrogen and oxygen atoms in total. The van der Waals surface area contributed by atoms with Gasteiger partial charge in [-0.2, -0.15) is 4.39 Å². The van der Waals surface area contributed by atoms with Crippen molar-refractivity contribution in [2.75, 3.05) is 0 Å². The zero-order chi connectivity index (χ0) is 11.0. The summed E-state index contributed by atoms with van der Waals surface area (Å²) in [4.78, 5) is 7.04. The second kappa shape index (κ2) is 3.81. The quantitative estimate of drug-likeness (QED) is 0.745. The molecular weight excluding hydrogens is 266 g/mol. The average molecular weight is 273 g/mol. The molecule has 1 aromatic heterocycles. The third-order valence-corrected chi connectivity index (χ3v) is 2.76. The molecule has 0 aliphatic rings. The highest BCUT2D eigenvalue weighted by atomic mass is 79.9. The van der Waals surface area contributed by atoms with Crippen molar-refractivity contribution < 1.29 is 8.78 Å². The van der Waals surface area contributed by atoms with Crippen LogP contribution in [-0.2, 0) is 6.42 Å². The summed E-state index contributed by atoms with van der Waals surface area (Å²) in [6, 6.07) is 1.54. The fraction of sp³-hybridized carbons (Fsp3) is 0.200. The van der Waals surface area contributed by atoms with Gasteiger partial charge in [0.25, 0.3) is 0 Å². The number of benzene rings is 1. The van der Waals surface area contributed by atoms with Crippen LogP contribution in [0.2, 0.25) is 0 Å². The number of hydrogen-bond donors (Lipinski definition) is 0. The molecule has 5 heteroatoms. The Bertz CT molecular complexity index is 528. The standard InChI is InChI=1S/C10H7BrF2N2/c1-2-6-8(12)7(11)3-5-4-14-10(13)15-9(5)6/h3-4H,2H2,1H3. The van der Waals surface area contributed by atoms with E-state index in [1.165, 1.54) is 6.20 Å². The minimum absolute atomic E-state index is 0.339. The Morgan fingerprint density at radius 3 is 2.80 bits per heavy atom. The average Bonchev–Trinajstić information content (AvgIpc) is 2.21. The topological polar surface area (TPSA) is 25.8 Å². The lowest BCUT2D eigenvalue weighted by atomic mass is 10.1. The number of fused-ring (bicyclic) bond motifs is 1. The van der Waals surface area contributed by atoms with Crippen LogP contribution >= 0.6 is 15.9 Å². The van der Waals surface area contributed by atoms with E-state index in [1.54, 1.807) is 13.0 Å². The van der Waals surface area contributed by atoms with Gasteiger partial charge in [-0.3, -0.25) is 0 Å². The smallest absolute Gasteiger partial charge is 0.210 e. The van der Waals surface area contributed by atoms with Crippen molar-refractivity contribution in [2.24, 2.45) is 0 Å². The van der Waals surface area contributed by atoms with E-state index in [9.17, 15) is 8.78 Å². The summed E-state index contributed by atoms with van der Waals surface area (Å²) < 4.78 is 26.8. The molecule has 0 amide bonds. The Hall–Kier alpha value is -1.10. The van der Waals surface area contributed by atoms with Gasteiger partial charge in [0.15, 0.2) is 0 Å². The lowest BCUT2D eigenvalue weighted by Crippen LogP contribution is -1.97. The summed E-state index contributed by atoms with van der Waals surface area (Å²) in [5.74, 6) is -0.386. The third-order valence-electron chi connectivity index (χ3n) is 2.18. The van der Waals surface area contributed by atoms with E-state index in [0.29, 0.717) is 27.4 Å². The highest BCUT2D eigenvalue weighted by molar-refractivity contribution is 9.10. The molecule has 0 N–H and O–H groups in total. The molecule has 15 heavy (non-hydrogen) atoms. The van der Waals surface area contributed by atoms with E-state index >= 15 is 0 Å². The maximum atomic E-state index is 13.6. The number of halogens is 3. The second-order valence-electron chi connectivity index (χ2n) is 3.08. The Morgan fingerprint density at radius 2 is 2.13 bits per heavy atom. The minimum Gasteiger partial charge on any atom is -0.210 e. The lowest BCUT2D eigenvalue weighted by molar-refractivity contribution is 0.543. The van der Waals surface area contributed by atoms with E-state index in [4.69, 9.17) is 0 Å². The maximum absolute atomic E-state index is 13.6. The van der Waals surface area contributed by atoms with E-state index in [-0.39, 0.29) is 5.82 Å². The molecule has 0 unspecified atom stereocenters. The summed E-state index contributed by atoms with van der Waals surface area (Å²) in [5.41, 5.74) is 0.742. The first-order valence-corrected chi connectivity index (χ1v) is 5.22. The molecule has 0 aliphatic heterocycles. The van der Waals surface area contributed by atoms with Crippen molar-refractivity contribution in [3.8, 4) is 0 Å². The van der Waals surface area contributed by atoms with Gasteiger partial charge in [-0.25, -0.2) is 14.4 Å². The van der Waals surface area contributed by atoms with Crippen molar-refractivity contribution >= 4 is 26.8 Å². The van der Waals surface area contributed by atoms with Gasteiger partial charge in [0, 0.05) is 17.1 Å². The Labute approximate surface area is 93.5 Å². The predicted octanol–water partition coefficient (Wildman–Crippen LogP) is 3.23. The highest BCUT2D eigenvalue weighted by Crippen LogP contribution is 2.27. The number of rotatable bonds is 1. The molecule has 78 valence electrons. The molecule has 0 saturated heterocycles. The summed E-state index contributed by atoms with van der Waals surface area (Å²) >= 11 is 3.10.